The number of hydrogen-bond donors (Lipinski definition) is 1. The average Bonchev–Trinajstić information content (AvgIpc) is 2.49. The topological polar surface area (TPSA) is 49.8 Å². The monoisotopic (exact) mass is 305 g/mol. The van der Waals surface area contributed by atoms with Gasteiger partial charge < -0.3 is 9.84 Å². The van der Waals surface area contributed by atoms with Gasteiger partial charge in [0, 0.05) is 6.54 Å². The summed E-state index contributed by atoms with van der Waals surface area (Å²) in [5.74, 6) is -0.394. The van der Waals surface area contributed by atoms with E-state index in [0.29, 0.717) is 13.2 Å². The van der Waals surface area contributed by atoms with Crippen LogP contribution in [0.2, 0.25) is 0 Å². The van der Waals surface area contributed by atoms with Gasteiger partial charge in [0.15, 0.2) is 0 Å². The number of rotatable bonds is 9. The minimum absolute atomic E-state index is 0.305. The highest BCUT2D eigenvalue weighted by molar-refractivity contribution is 5.77. The summed E-state index contributed by atoms with van der Waals surface area (Å²) in [5.41, 5.74) is 1.09. The third-order valence-corrected chi connectivity index (χ3v) is 3.39. The van der Waals surface area contributed by atoms with Crippen molar-refractivity contribution in [3.63, 3.8) is 0 Å². The number of unbranched alkanes of at least 4 members (excludes halogenated alkanes) is 1. The lowest BCUT2D eigenvalue weighted by molar-refractivity contribution is -0.152. The molecule has 0 aliphatic carbocycles. The van der Waals surface area contributed by atoms with Crippen molar-refractivity contribution in [1.82, 2.24) is 4.90 Å². The summed E-state index contributed by atoms with van der Waals surface area (Å²) in [6, 6.07) is 9.17. The highest BCUT2D eigenvalue weighted by Crippen LogP contribution is 2.12. The van der Waals surface area contributed by atoms with Gasteiger partial charge in [-0.1, -0.05) is 55.8 Å². The number of ether oxygens (including phenoxy) is 1. The van der Waals surface area contributed by atoms with E-state index in [1.165, 1.54) is 0 Å². The fourth-order valence-corrected chi connectivity index (χ4v) is 2.29. The Balaban J connectivity index is 2.81. The van der Waals surface area contributed by atoms with Crippen LogP contribution in [0.4, 0.5) is 0 Å². The molecule has 4 heteroatoms. The lowest BCUT2D eigenvalue weighted by Gasteiger charge is -2.28. The van der Waals surface area contributed by atoms with E-state index in [4.69, 9.17) is 4.74 Å². The predicted octanol–water partition coefficient (Wildman–Crippen LogP) is 2.77. The number of nitrogens with zero attached hydrogens (tertiary/aromatic N) is 1. The van der Waals surface area contributed by atoms with Gasteiger partial charge in [-0.3, -0.25) is 9.69 Å². The van der Waals surface area contributed by atoms with E-state index in [9.17, 15) is 9.90 Å². The normalized spacial score (nSPS) is 14.2. The largest absolute Gasteiger partial charge is 0.465 e. The highest BCUT2D eigenvalue weighted by atomic mass is 16.5. The Hall–Kier alpha value is -1.65. The van der Waals surface area contributed by atoms with Crippen LogP contribution in [0.5, 0.6) is 0 Å². The maximum atomic E-state index is 12.2. The van der Waals surface area contributed by atoms with Crippen molar-refractivity contribution in [2.24, 2.45) is 0 Å². The summed E-state index contributed by atoms with van der Waals surface area (Å²) in [6.45, 7) is 4.72. The van der Waals surface area contributed by atoms with Crippen LogP contribution in [0.1, 0.15) is 32.3 Å². The molecule has 1 N–H and O–H groups in total. The van der Waals surface area contributed by atoms with Crippen molar-refractivity contribution >= 4 is 5.97 Å². The Bertz CT molecular complexity index is 459. The minimum Gasteiger partial charge on any atom is -0.465 e. The molecule has 0 saturated carbocycles. The minimum atomic E-state index is -0.876. The van der Waals surface area contributed by atoms with E-state index in [2.05, 4.69) is 6.92 Å². The molecule has 1 rings (SSSR count). The maximum Gasteiger partial charge on any atom is 0.326 e. The zero-order valence-electron chi connectivity index (χ0n) is 13.7. The molecule has 0 amide bonds. The van der Waals surface area contributed by atoms with Crippen molar-refractivity contribution in [1.29, 1.82) is 0 Å². The van der Waals surface area contributed by atoms with Crippen molar-refractivity contribution in [2.45, 2.75) is 45.4 Å². The number of allylic oxidation sites excluding steroid dienone is 1. The fraction of sp³-hybridized carbons (Fsp3) is 0.500. The smallest absolute Gasteiger partial charge is 0.326 e. The first-order valence-corrected chi connectivity index (χ1v) is 7.85. The Kier molecular flexibility index (Phi) is 8.48. The Morgan fingerprint density at radius 2 is 2.00 bits per heavy atom. The van der Waals surface area contributed by atoms with Crippen molar-refractivity contribution in [3.8, 4) is 0 Å². The van der Waals surface area contributed by atoms with Crippen LogP contribution < -0.4 is 0 Å². The van der Waals surface area contributed by atoms with Crippen LogP contribution in [0.25, 0.3) is 0 Å². The molecule has 0 bridgehead atoms. The summed E-state index contributed by atoms with van der Waals surface area (Å²) < 4.78 is 5.12. The predicted molar refractivity (Wildman–Crippen MR) is 88.4 cm³/mol. The zero-order chi connectivity index (χ0) is 16.4. The maximum absolute atomic E-state index is 12.2. The molecule has 0 radical (unpaired) electrons. The van der Waals surface area contributed by atoms with Crippen molar-refractivity contribution in [2.75, 3.05) is 13.7 Å². The van der Waals surface area contributed by atoms with E-state index in [-0.39, 0.29) is 0 Å². The molecular formula is C18H27NO3. The standard InChI is InChI=1S/C18H27NO3/c1-4-6-8-13-16(20)17(18(21)22-5-2)19(3)14-15-11-9-7-10-12-15/h7-13,16-17,20H,4-6,14H2,1-3H3/b13-8+/t16-,17-/m1/s1. The van der Waals surface area contributed by atoms with E-state index in [1.54, 1.807) is 13.0 Å². The van der Waals surface area contributed by atoms with Gasteiger partial charge >= 0.3 is 5.97 Å². The molecule has 122 valence electrons. The summed E-state index contributed by atoms with van der Waals surface area (Å²) >= 11 is 0. The second-order valence-electron chi connectivity index (χ2n) is 5.31. The lowest BCUT2D eigenvalue weighted by atomic mass is 10.1. The van der Waals surface area contributed by atoms with Gasteiger partial charge in [0.2, 0.25) is 0 Å². The summed E-state index contributed by atoms with van der Waals surface area (Å²) in [6.07, 6.45) is 4.61. The molecule has 0 unspecified atom stereocenters. The second-order valence-corrected chi connectivity index (χ2v) is 5.31. The van der Waals surface area contributed by atoms with Crippen LogP contribution in [-0.4, -0.2) is 41.8 Å². The van der Waals surface area contributed by atoms with Gasteiger partial charge in [0.25, 0.3) is 0 Å². The number of aliphatic hydroxyl groups is 1. The van der Waals surface area contributed by atoms with Crippen molar-refractivity contribution in [3.05, 3.63) is 48.0 Å². The summed E-state index contributed by atoms with van der Waals surface area (Å²) in [4.78, 5) is 14.0. The summed E-state index contributed by atoms with van der Waals surface area (Å²) in [5, 5.41) is 10.4. The number of benzene rings is 1. The van der Waals surface area contributed by atoms with Gasteiger partial charge in [-0.15, -0.1) is 0 Å². The molecule has 0 aliphatic heterocycles. The molecule has 1 aromatic rings. The van der Waals surface area contributed by atoms with Crippen molar-refractivity contribution < 1.29 is 14.6 Å². The number of hydrogen-bond acceptors (Lipinski definition) is 4. The van der Waals surface area contributed by atoms with Crippen LogP contribution in [0.15, 0.2) is 42.5 Å². The first-order chi connectivity index (χ1) is 10.6. The number of carbonyl (C=O) groups is 1. The Morgan fingerprint density at radius 1 is 1.32 bits per heavy atom. The van der Waals surface area contributed by atoms with E-state index < -0.39 is 18.1 Å². The Morgan fingerprint density at radius 3 is 2.59 bits per heavy atom. The SMILES string of the molecule is CCC/C=C/[C@@H](O)[C@H](C(=O)OCC)N(C)Cc1ccccc1. The molecule has 0 spiro atoms. The summed E-state index contributed by atoms with van der Waals surface area (Å²) in [7, 11) is 1.82. The van der Waals surface area contributed by atoms with E-state index in [1.807, 2.05) is 48.4 Å². The Labute approximate surface area is 133 Å². The zero-order valence-corrected chi connectivity index (χ0v) is 13.7. The molecule has 0 saturated heterocycles. The second kappa shape index (κ2) is 10.1. The lowest BCUT2D eigenvalue weighted by Crippen LogP contribution is -2.47. The molecule has 1 aromatic carbocycles. The third kappa shape index (κ3) is 6.00. The van der Waals surface area contributed by atoms with E-state index in [0.717, 1.165) is 18.4 Å². The molecule has 2 atom stereocenters. The third-order valence-electron chi connectivity index (χ3n) is 3.39. The van der Waals surface area contributed by atoms with Gasteiger partial charge in [0.1, 0.15) is 6.04 Å². The first kappa shape index (κ1) is 18.4. The van der Waals surface area contributed by atoms with Crippen LogP contribution in [0.3, 0.4) is 0 Å². The number of carbonyl (C=O) groups excluding carboxylic acids is 1. The number of esters is 1. The average molecular weight is 305 g/mol. The van der Waals surface area contributed by atoms with Gasteiger partial charge in [-0.05, 0) is 26.0 Å². The quantitative estimate of drug-likeness (QED) is 0.563. The molecule has 4 nitrogen and oxygen atoms in total. The van der Waals surface area contributed by atoms with Gasteiger partial charge in [0.05, 0.1) is 12.7 Å². The molecule has 0 fully saturated rings. The fourth-order valence-electron chi connectivity index (χ4n) is 2.29. The molecule has 0 aliphatic rings. The van der Waals surface area contributed by atoms with E-state index >= 15 is 0 Å². The molecule has 22 heavy (non-hydrogen) atoms. The molecular weight excluding hydrogens is 278 g/mol. The van der Waals surface area contributed by atoms with Gasteiger partial charge in [-0.25, -0.2) is 0 Å². The highest BCUT2D eigenvalue weighted by Gasteiger charge is 2.30. The molecule has 0 heterocycles. The number of aliphatic hydroxyl groups excluding tert-OH is 1. The van der Waals surface area contributed by atoms with Crippen LogP contribution in [-0.2, 0) is 16.1 Å². The number of likely N-dealkylation sites (N-methyl/N-ethyl adjacent to an activating group) is 1. The molecule has 0 aromatic heterocycles. The van der Waals surface area contributed by atoms with Gasteiger partial charge in [-0.2, -0.15) is 0 Å². The van der Waals surface area contributed by atoms with Crippen LogP contribution >= 0.6 is 0 Å². The first-order valence-electron chi connectivity index (χ1n) is 7.85. The van der Waals surface area contributed by atoms with Crippen LogP contribution in [0, 0.1) is 0 Å².